The number of hydrogen-bond acceptors (Lipinski definition) is 4. The van der Waals surface area contributed by atoms with Crippen molar-refractivity contribution in [2.24, 2.45) is 0 Å². The zero-order chi connectivity index (χ0) is 18.2. The largest absolute Gasteiger partial charge is 0.354 e. The first-order valence-corrected chi connectivity index (χ1v) is 9.94. The maximum atomic E-state index is 4.60. The molecular weight excluding hydrogens is 320 g/mol. The van der Waals surface area contributed by atoms with E-state index in [1.165, 1.54) is 11.1 Å². The molecule has 4 heteroatoms. The van der Waals surface area contributed by atoms with E-state index in [4.69, 9.17) is 0 Å². The molecule has 1 aromatic heterocycles. The minimum absolute atomic E-state index is 0.500. The second-order valence-corrected chi connectivity index (χ2v) is 7.25. The summed E-state index contributed by atoms with van der Waals surface area (Å²) in [6.45, 7) is 11.0. The van der Waals surface area contributed by atoms with E-state index in [1.807, 2.05) is 6.20 Å². The highest BCUT2D eigenvalue weighted by atomic mass is 15.3. The number of aryl methyl sites for hydroxylation is 1. The minimum Gasteiger partial charge on any atom is -0.354 e. The maximum Gasteiger partial charge on any atom is 0.128 e. The van der Waals surface area contributed by atoms with Crippen molar-refractivity contribution in [3.8, 4) is 0 Å². The number of benzene rings is 1. The molecule has 1 saturated heterocycles. The molecule has 1 atom stereocenters. The Balaban J connectivity index is 1.46. The predicted molar refractivity (Wildman–Crippen MR) is 110 cm³/mol. The number of likely N-dealkylation sites (N-methyl/N-ethyl adjacent to an activating group) is 1. The first-order valence-electron chi connectivity index (χ1n) is 9.94. The van der Waals surface area contributed by atoms with Crippen LogP contribution in [0.4, 0.5) is 5.82 Å². The lowest BCUT2D eigenvalue weighted by Crippen LogP contribution is -2.46. The van der Waals surface area contributed by atoms with Crippen LogP contribution >= 0.6 is 0 Å². The molecule has 1 aliphatic heterocycles. The van der Waals surface area contributed by atoms with E-state index in [2.05, 4.69) is 76.4 Å². The Hall–Kier alpha value is -1.91. The summed E-state index contributed by atoms with van der Waals surface area (Å²) in [5, 5.41) is 3.66. The highest BCUT2D eigenvalue weighted by molar-refractivity contribution is 5.41. The SMILES string of the molecule is CCN1CCN(c2cc(CN[C@@H](C)CCc3ccccc3)ccn2)CC1. The average Bonchev–Trinajstić information content (AvgIpc) is 2.72. The molecule has 140 valence electrons. The Bertz CT molecular complexity index is 650. The van der Waals surface area contributed by atoms with Crippen LogP contribution in [0.15, 0.2) is 48.7 Å². The van der Waals surface area contributed by atoms with Gasteiger partial charge in [-0.05, 0) is 49.6 Å². The third-order valence-corrected chi connectivity index (χ3v) is 5.32. The molecule has 0 saturated carbocycles. The second-order valence-electron chi connectivity index (χ2n) is 7.25. The molecule has 0 bridgehead atoms. The van der Waals surface area contributed by atoms with Crippen molar-refractivity contribution < 1.29 is 0 Å². The predicted octanol–water partition coefficient (Wildman–Crippen LogP) is 3.33. The fourth-order valence-electron chi connectivity index (χ4n) is 3.46. The van der Waals surface area contributed by atoms with Gasteiger partial charge in [-0.2, -0.15) is 0 Å². The quantitative estimate of drug-likeness (QED) is 0.790. The molecule has 1 N–H and O–H groups in total. The zero-order valence-electron chi connectivity index (χ0n) is 16.2. The summed E-state index contributed by atoms with van der Waals surface area (Å²) in [5.74, 6) is 1.12. The second kappa shape index (κ2) is 9.70. The zero-order valence-corrected chi connectivity index (χ0v) is 16.2. The summed E-state index contributed by atoms with van der Waals surface area (Å²) < 4.78 is 0. The van der Waals surface area contributed by atoms with Crippen molar-refractivity contribution in [2.75, 3.05) is 37.6 Å². The molecule has 3 rings (SSSR count). The Morgan fingerprint density at radius 2 is 1.81 bits per heavy atom. The normalized spacial score (nSPS) is 16.6. The molecule has 1 fully saturated rings. The van der Waals surface area contributed by atoms with E-state index in [9.17, 15) is 0 Å². The number of aromatic nitrogens is 1. The summed E-state index contributed by atoms with van der Waals surface area (Å²) in [4.78, 5) is 9.50. The molecule has 4 nitrogen and oxygen atoms in total. The number of hydrogen-bond donors (Lipinski definition) is 1. The standard InChI is InChI=1S/C22H32N4/c1-3-25-13-15-26(16-14-25)22-17-21(11-12-23-22)18-24-19(2)9-10-20-7-5-4-6-8-20/h4-8,11-12,17,19,24H,3,9-10,13-16,18H2,1-2H3/t19-/m0/s1. The van der Waals surface area contributed by atoms with E-state index < -0.39 is 0 Å². The van der Waals surface area contributed by atoms with E-state index in [0.717, 1.165) is 57.9 Å². The van der Waals surface area contributed by atoms with Crippen LogP contribution in [-0.4, -0.2) is 48.6 Å². The van der Waals surface area contributed by atoms with Crippen LogP contribution in [0.2, 0.25) is 0 Å². The van der Waals surface area contributed by atoms with Crippen molar-refractivity contribution in [3.63, 3.8) is 0 Å². The molecule has 26 heavy (non-hydrogen) atoms. The Morgan fingerprint density at radius 1 is 1.04 bits per heavy atom. The number of nitrogens with zero attached hydrogens (tertiary/aromatic N) is 3. The van der Waals surface area contributed by atoms with Gasteiger partial charge in [0.1, 0.15) is 5.82 Å². The van der Waals surface area contributed by atoms with Crippen LogP contribution in [0.3, 0.4) is 0 Å². The van der Waals surface area contributed by atoms with Crippen LogP contribution in [0.5, 0.6) is 0 Å². The highest BCUT2D eigenvalue weighted by Gasteiger charge is 2.16. The van der Waals surface area contributed by atoms with Gasteiger partial charge < -0.3 is 15.1 Å². The van der Waals surface area contributed by atoms with Gasteiger partial charge in [0.15, 0.2) is 0 Å². The molecule has 2 heterocycles. The van der Waals surface area contributed by atoms with Crippen molar-refractivity contribution in [1.82, 2.24) is 15.2 Å². The Kier molecular flexibility index (Phi) is 7.04. The Labute approximate surface area is 158 Å². The van der Waals surface area contributed by atoms with E-state index in [-0.39, 0.29) is 0 Å². The fraction of sp³-hybridized carbons (Fsp3) is 0.500. The van der Waals surface area contributed by atoms with E-state index >= 15 is 0 Å². The summed E-state index contributed by atoms with van der Waals surface area (Å²) in [7, 11) is 0. The average molecular weight is 353 g/mol. The Morgan fingerprint density at radius 3 is 2.54 bits per heavy atom. The molecule has 0 radical (unpaired) electrons. The first-order chi connectivity index (χ1) is 12.7. The van der Waals surface area contributed by atoms with Crippen LogP contribution in [0.25, 0.3) is 0 Å². The summed E-state index contributed by atoms with van der Waals surface area (Å²) >= 11 is 0. The summed E-state index contributed by atoms with van der Waals surface area (Å²) in [5.41, 5.74) is 2.73. The van der Waals surface area contributed by atoms with Gasteiger partial charge in [0, 0.05) is 45.0 Å². The molecule has 0 unspecified atom stereocenters. The van der Waals surface area contributed by atoms with Gasteiger partial charge in [-0.15, -0.1) is 0 Å². The molecule has 1 aromatic carbocycles. The lowest BCUT2D eigenvalue weighted by Gasteiger charge is -2.34. The first kappa shape index (κ1) is 18.9. The third-order valence-electron chi connectivity index (χ3n) is 5.32. The van der Waals surface area contributed by atoms with E-state index in [1.54, 1.807) is 0 Å². The van der Waals surface area contributed by atoms with Gasteiger partial charge in [-0.25, -0.2) is 4.98 Å². The third kappa shape index (κ3) is 5.55. The van der Waals surface area contributed by atoms with Gasteiger partial charge in [-0.1, -0.05) is 37.3 Å². The van der Waals surface area contributed by atoms with Gasteiger partial charge in [0.2, 0.25) is 0 Å². The topological polar surface area (TPSA) is 31.4 Å². The van der Waals surface area contributed by atoms with Gasteiger partial charge in [0.05, 0.1) is 0 Å². The summed E-state index contributed by atoms with van der Waals surface area (Å²) in [6.07, 6.45) is 4.23. The van der Waals surface area contributed by atoms with E-state index in [0.29, 0.717) is 6.04 Å². The molecule has 0 aliphatic carbocycles. The molecule has 2 aromatic rings. The number of anilines is 1. The van der Waals surface area contributed by atoms with Crippen LogP contribution in [0.1, 0.15) is 31.4 Å². The van der Waals surface area contributed by atoms with Crippen molar-refractivity contribution in [1.29, 1.82) is 0 Å². The fourth-order valence-corrected chi connectivity index (χ4v) is 3.46. The number of pyridine rings is 1. The van der Waals surface area contributed by atoms with Crippen molar-refractivity contribution in [2.45, 2.75) is 39.3 Å². The van der Waals surface area contributed by atoms with Gasteiger partial charge in [-0.3, -0.25) is 0 Å². The van der Waals surface area contributed by atoms with Crippen LogP contribution in [-0.2, 0) is 13.0 Å². The highest BCUT2D eigenvalue weighted by Crippen LogP contribution is 2.15. The van der Waals surface area contributed by atoms with Crippen LogP contribution in [0, 0.1) is 0 Å². The molecular formula is C22H32N4. The maximum absolute atomic E-state index is 4.60. The number of rotatable bonds is 8. The van der Waals surface area contributed by atoms with Crippen molar-refractivity contribution >= 4 is 5.82 Å². The van der Waals surface area contributed by atoms with Gasteiger partial charge in [0.25, 0.3) is 0 Å². The lowest BCUT2D eigenvalue weighted by atomic mass is 10.1. The van der Waals surface area contributed by atoms with Crippen molar-refractivity contribution in [3.05, 3.63) is 59.8 Å². The summed E-state index contributed by atoms with van der Waals surface area (Å²) in [6, 6.07) is 15.6. The smallest absolute Gasteiger partial charge is 0.128 e. The van der Waals surface area contributed by atoms with Crippen LogP contribution < -0.4 is 10.2 Å². The van der Waals surface area contributed by atoms with Gasteiger partial charge >= 0.3 is 0 Å². The molecule has 0 amide bonds. The molecule has 0 spiro atoms. The minimum atomic E-state index is 0.500. The number of piperazine rings is 1. The lowest BCUT2D eigenvalue weighted by molar-refractivity contribution is 0.270. The molecule has 1 aliphatic rings. The monoisotopic (exact) mass is 352 g/mol. The number of nitrogens with one attached hydrogen (secondary N) is 1.